The highest BCUT2D eigenvalue weighted by molar-refractivity contribution is 6.30. The zero-order chi connectivity index (χ0) is 8.59. The SMILES string of the molecule is [2H]c1nc(N)c([2H])c([2H])c1Cl. The molecule has 0 aliphatic heterocycles. The first kappa shape index (κ1) is 2.69. The van der Waals surface area contributed by atoms with Gasteiger partial charge in [-0.05, 0) is 12.1 Å². The van der Waals surface area contributed by atoms with Gasteiger partial charge in [-0.15, -0.1) is 0 Å². The number of hydrogen-bond donors (Lipinski definition) is 1. The molecule has 1 aromatic rings. The molecule has 3 heteroatoms. The lowest BCUT2D eigenvalue weighted by Crippen LogP contribution is -1.86. The molecule has 42 valence electrons. The van der Waals surface area contributed by atoms with Crippen LogP contribution in [0.25, 0.3) is 0 Å². The molecule has 0 saturated heterocycles. The predicted molar refractivity (Wildman–Crippen MR) is 33.7 cm³/mol. The van der Waals surface area contributed by atoms with Gasteiger partial charge in [0, 0.05) is 6.17 Å². The molecule has 0 fully saturated rings. The maximum Gasteiger partial charge on any atom is 0.123 e. The van der Waals surface area contributed by atoms with Crippen LogP contribution >= 0.6 is 11.6 Å². The molecule has 0 atom stereocenters. The van der Waals surface area contributed by atoms with Crippen molar-refractivity contribution in [2.24, 2.45) is 0 Å². The second-order valence-corrected chi connectivity index (χ2v) is 1.55. The fourth-order valence-corrected chi connectivity index (χ4v) is 0.374. The summed E-state index contributed by atoms with van der Waals surface area (Å²) < 4.78 is 21.4. The van der Waals surface area contributed by atoms with Crippen molar-refractivity contribution in [2.45, 2.75) is 0 Å². The van der Waals surface area contributed by atoms with E-state index in [9.17, 15) is 0 Å². The molecular weight excluding hydrogens is 124 g/mol. The quantitative estimate of drug-likeness (QED) is 0.577. The van der Waals surface area contributed by atoms with E-state index in [0.717, 1.165) is 0 Å². The first-order chi connectivity index (χ1) is 5.04. The highest BCUT2D eigenvalue weighted by atomic mass is 35.5. The van der Waals surface area contributed by atoms with Crippen LogP contribution in [0.2, 0.25) is 5.02 Å². The summed E-state index contributed by atoms with van der Waals surface area (Å²) >= 11 is 5.44. The molecule has 1 aromatic heterocycles. The summed E-state index contributed by atoms with van der Waals surface area (Å²) in [4.78, 5) is 3.44. The first-order valence-corrected chi connectivity index (χ1v) is 2.30. The zero-order valence-corrected chi connectivity index (χ0v) is 4.66. The summed E-state index contributed by atoms with van der Waals surface area (Å²) in [5.74, 6) is -0.135. The molecule has 0 aromatic carbocycles. The topological polar surface area (TPSA) is 38.9 Å². The third kappa shape index (κ3) is 1.10. The van der Waals surface area contributed by atoms with Crippen molar-refractivity contribution in [3.8, 4) is 0 Å². The lowest BCUT2D eigenvalue weighted by Gasteiger charge is -1.87. The molecule has 2 N–H and O–H groups in total. The van der Waals surface area contributed by atoms with Gasteiger partial charge in [0.2, 0.25) is 0 Å². The van der Waals surface area contributed by atoms with Gasteiger partial charge in [-0.1, -0.05) is 11.6 Å². The van der Waals surface area contributed by atoms with Gasteiger partial charge in [-0.25, -0.2) is 4.98 Å². The fraction of sp³-hybridized carbons (Fsp3) is 0. The number of hydrogen-bond acceptors (Lipinski definition) is 2. The van der Waals surface area contributed by atoms with Crippen LogP contribution in [0.4, 0.5) is 5.82 Å². The minimum absolute atomic E-state index is 0.135. The number of nitrogens with zero attached hydrogens (tertiary/aromatic N) is 1. The highest BCUT2D eigenvalue weighted by Gasteiger charge is 1.83. The average molecular weight is 132 g/mol. The Morgan fingerprint density at radius 3 is 3.25 bits per heavy atom. The lowest BCUT2D eigenvalue weighted by molar-refractivity contribution is 1.34. The van der Waals surface area contributed by atoms with Crippen molar-refractivity contribution in [1.82, 2.24) is 4.98 Å². The van der Waals surface area contributed by atoms with Crippen molar-refractivity contribution in [3.63, 3.8) is 0 Å². The summed E-state index contributed by atoms with van der Waals surface area (Å²) in [5.41, 5.74) is 5.19. The van der Waals surface area contributed by atoms with E-state index in [4.69, 9.17) is 21.4 Å². The molecule has 0 bridgehead atoms. The second-order valence-electron chi connectivity index (χ2n) is 1.17. The van der Waals surface area contributed by atoms with E-state index in [1.54, 1.807) is 0 Å². The second kappa shape index (κ2) is 2.01. The maximum absolute atomic E-state index is 7.17. The molecule has 0 aliphatic carbocycles. The fourth-order valence-electron chi connectivity index (χ4n) is 0.284. The van der Waals surface area contributed by atoms with Crippen LogP contribution < -0.4 is 5.73 Å². The van der Waals surface area contributed by atoms with Crippen molar-refractivity contribution >= 4 is 17.4 Å². The van der Waals surface area contributed by atoms with Crippen LogP contribution in [0.15, 0.2) is 18.3 Å². The number of nitrogen functional groups attached to an aromatic ring is 1. The molecule has 0 unspecified atom stereocenters. The minimum Gasteiger partial charge on any atom is -0.384 e. The first-order valence-electron chi connectivity index (χ1n) is 3.42. The van der Waals surface area contributed by atoms with Gasteiger partial charge in [0.05, 0.1) is 9.13 Å². The number of nitrogens with two attached hydrogens (primary N) is 1. The normalized spacial score (nSPS) is 14.4. The summed E-state index contributed by atoms with van der Waals surface area (Å²) in [5, 5.41) is -0.135. The number of pyridine rings is 1. The largest absolute Gasteiger partial charge is 0.384 e. The summed E-state index contributed by atoms with van der Waals surface area (Å²) in [7, 11) is 0. The third-order valence-electron chi connectivity index (χ3n) is 0.575. The van der Waals surface area contributed by atoms with Gasteiger partial charge in [0.1, 0.15) is 5.82 Å². The van der Waals surface area contributed by atoms with E-state index in [1.807, 2.05) is 0 Å². The average Bonchev–Trinajstić information content (AvgIpc) is 1.97. The Hall–Kier alpha value is -0.760. The van der Waals surface area contributed by atoms with Crippen LogP contribution in [0, 0.1) is 0 Å². The van der Waals surface area contributed by atoms with Crippen LogP contribution in [0.5, 0.6) is 0 Å². The monoisotopic (exact) mass is 131 g/mol. The highest BCUT2D eigenvalue weighted by Crippen LogP contribution is 2.05. The zero-order valence-electron chi connectivity index (χ0n) is 6.90. The molecule has 1 heterocycles. The summed E-state index contributed by atoms with van der Waals surface area (Å²) in [6.45, 7) is 0. The van der Waals surface area contributed by atoms with Gasteiger partial charge in [-0.2, -0.15) is 0 Å². The van der Waals surface area contributed by atoms with Crippen molar-refractivity contribution in [1.29, 1.82) is 0 Å². The number of halogens is 1. The molecule has 8 heavy (non-hydrogen) atoms. The Labute approximate surface area is 56.5 Å². The Morgan fingerprint density at radius 2 is 2.50 bits per heavy atom. The van der Waals surface area contributed by atoms with E-state index in [1.165, 1.54) is 0 Å². The predicted octanol–water partition coefficient (Wildman–Crippen LogP) is 1.32. The Kier molecular flexibility index (Phi) is 0.674. The molecule has 2 nitrogen and oxygen atoms in total. The molecule has 0 amide bonds. The van der Waals surface area contributed by atoms with Crippen LogP contribution in [0.3, 0.4) is 0 Å². The summed E-state index contributed by atoms with van der Waals surface area (Å²) in [6, 6.07) is -0.477. The molecular formula is C5H5ClN2. The van der Waals surface area contributed by atoms with E-state index < -0.39 is 0 Å². The standard InChI is InChI=1S/C5H5ClN2/c6-4-1-2-5(7)8-3-4/h1-3H,(H2,7,8)/i1D,2D,3D. The van der Waals surface area contributed by atoms with Crippen molar-refractivity contribution < 1.29 is 4.11 Å². The third-order valence-corrected chi connectivity index (χ3v) is 0.754. The van der Waals surface area contributed by atoms with E-state index in [0.29, 0.717) is 0 Å². The van der Waals surface area contributed by atoms with Crippen molar-refractivity contribution in [2.75, 3.05) is 5.73 Å². The van der Waals surface area contributed by atoms with E-state index in [2.05, 4.69) is 4.98 Å². The molecule has 0 saturated carbocycles. The van der Waals surface area contributed by atoms with Gasteiger partial charge < -0.3 is 5.73 Å². The minimum atomic E-state index is -0.259. The Bertz CT molecular complexity index is 276. The van der Waals surface area contributed by atoms with E-state index in [-0.39, 0.29) is 29.1 Å². The van der Waals surface area contributed by atoms with Crippen molar-refractivity contribution in [3.05, 3.63) is 23.3 Å². The van der Waals surface area contributed by atoms with Gasteiger partial charge in [-0.3, -0.25) is 0 Å². The van der Waals surface area contributed by atoms with Gasteiger partial charge in [0.25, 0.3) is 0 Å². The molecule has 0 radical (unpaired) electrons. The van der Waals surface area contributed by atoms with Crippen LogP contribution in [-0.4, -0.2) is 4.98 Å². The lowest BCUT2D eigenvalue weighted by atomic mass is 10.5. The molecule has 0 aliphatic rings. The van der Waals surface area contributed by atoms with Gasteiger partial charge >= 0.3 is 0 Å². The maximum atomic E-state index is 7.17. The van der Waals surface area contributed by atoms with Gasteiger partial charge in [0.15, 0.2) is 0 Å². The Balaban J connectivity index is 3.46. The molecule has 1 rings (SSSR count). The van der Waals surface area contributed by atoms with E-state index >= 15 is 0 Å². The summed E-state index contributed by atoms with van der Waals surface area (Å²) in [6.07, 6.45) is -0.259. The number of anilines is 1. The Morgan fingerprint density at radius 1 is 1.75 bits per heavy atom. The molecule has 0 spiro atoms. The number of rotatable bonds is 0. The number of aromatic nitrogens is 1. The smallest absolute Gasteiger partial charge is 0.123 e. The van der Waals surface area contributed by atoms with Crippen LogP contribution in [0.1, 0.15) is 4.11 Å². The van der Waals surface area contributed by atoms with Crippen LogP contribution in [-0.2, 0) is 0 Å².